The molecule has 0 unspecified atom stereocenters. The molecular formula is C20H40N4. The Morgan fingerprint density at radius 2 is 1.00 bits per heavy atom. The van der Waals surface area contributed by atoms with Crippen LogP contribution < -0.4 is 5.43 Å². The fourth-order valence-electron chi connectivity index (χ4n) is 4.64. The summed E-state index contributed by atoms with van der Waals surface area (Å²) in [4.78, 5) is 5.08. The van der Waals surface area contributed by atoms with Crippen molar-refractivity contribution in [3.8, 4) is 0 Å². The van der Waals surface area contributed by atoms with Crippen molar-refractivity contribution in [2.45, 2.75) is 76.7 Å². The van der Waals surface area contributed by atoms with Crippen LogP contribution in [0, 0.1) is 0 Å². The van der Waals surface area contributed by atoms with Gasteiger partial charge in [-0.15, -0.1) is 0 Å². The second-order valence-electron chi connectivity index (χ2n) is 8.20. The molecule has 0 aromatic rings. The van der Waals surface area contributed by atoms with E-state index in [1.807, 2.05) is 0 Å². The maximum atomic E-state index is 3.67. The van der Waals surface area contributed by atoms with Crippen LogP contribution in [0.4, 0.5) is 0 Å². The van der Waals surface area contributed by atoms with E-state index in [0.717, 1.165) is 6.04 Å². The second kappa shape index (κ2) is 10.7. The van der Waals surface area contributed by atoms with Gasteiger partial charge in [0.15, 0.2) is 0 Å². The fourth-order valence-corrected chi connectivity index (χ4v) is 4.64. The molecule has 4 heterocycles. The molecule has 5 rings (SSSR count). The van der Waals surface area contributed by atoms with Crippen LogP contribution in [0.25, 0.3) is 0 Å². The Morgan fingerprint density at radius 1 is 0.500 bits per heavy atom. The van der Waals surface area contributed by atoms with Crippen molar-refractivity contribution in [2.75, 3.05) is 52.4 Å². The van der Waals surface area contributed by atoms with E-state index in [9.17, 15) is 0 Å². The predicted molar refractivity (Wildman–Crippen MR) is 102 cm³/mol. The summed E-state index contributed by atoms with van der Waals surface area (Å²) < 4.78 is 0. The van der Waals surface area contributed by atoms with Gasteiger partial charge in [0.25, 0.3) is 0 Å². The van der Waals surface area contributed by atoms with E-state index in [0.29, 0.717) is 0 Å². The zero-order valence-electron chi connectivity index (χ0n) is 15.9. The highest BCUT2D eigenvalue weighted by Gasteiger charge is 2.22. The summed E-state index contributed by atoms with van der Waals surface area (Å²) in [6.45, 7) is 10.4. The molecule has 0 atom stereocenters. The molecule has 0 spiro atoms. The van der Waals surface area contributed by atoms with E-state index in [1.165, 1.54) is 123 Å². The number of piperazine rings is 3. The number of fused-ring (bicyclic) bond motifs is 3. The summed E-state index contributed by atoms with van der Waals surface area (Å²) in [7, 11) is 0. The van der Waals surface area contributed by atoms with Crippen molar-refractivity contribution < 1.29 is 0 Å². The van der Waals surface area contributed by atoms with E-state index < -0.39 is 0 Å². The molecule has 4 heteroatoms. The van der Waals surface area contributed by atoms with Gasteiger partial charge in [-0.05, 0) is 25.7 Å². The molecule has 1 aliphatic carbocycles. The van der Waals surface area contributed by atoms with Crippen molar-refractivity contribution >= 4 is 0 Å². The summed E-state index contributed by atoms with van der Waals surface area (Å²) in [5, 5.41) is 2.59. The van der Waals surface area contributed by atoms with Gasteiger partial charge in [0.05, 0.1) is 0 Å². The van der Waals surface area contributed by atoms with E-state index in [2.05, 4.69) is 20.2 Å². The van der Waals surface area contributed by atoms with Gasteiger partial charge in [-0.2, -0.15) is 0 Å². The molecular weight excluding hydrogens is 296 g/mol. The molecule has 4 saturated heterocycles. The summed E-state index contributed by atoms with van der Waals surface area (Å²) in [5.41, 5.74) is 3.67. The summed E-state index contributed by atoms with van der Waals surface area (Å²) in [6, 6.07) is 0.832. The lowest BCUT2D eigenvalue weighted by atomic mass is 9.96. The van der Waals surface area contributed by atoms with Gasteiger partial charge >= 0.3 is 0 Å². The van der Waals surface area contributed by atoms with Crippen molar-refractivity contribution in [1.29, 1.82) is 0 Å². The Bertz CT molecular complexity index is 269. The molecule has 0 aromatic carbocycles. The Morgan fingerprint density at radius 3 is 1.58 bits per heavy atom. The highest BCUT2D eigenvalue weighted by Crippen LogP contribution is 2.21. The number of nitrogens with one attached hydrogen (secondary N) is 1. The first-order chi connectivity index (χ1) is 11.9. The third-order valence-corrected chi connectivity index (χ3v) is 6.35. The van der Waals surface area contributed by atoms with Gasteiger partial charge in [0, 0.05) is 58.4 Å². The molecule has 0 amide bonds. The van der Waals surface area contributed by atoms with Crippen LogP contribution in [0.2, 0.25) is 0 Å². The summed E-state index contributed by atoms with van der Waals surface area (Å²) in [5.74, 6) is 0. The lowest BCUT2D eigenvalue weighted by Crippen LogP contribution is -2.55. The number of rotatable bonds is 1. The van der Waals surface area contributed by atoms with Crippen molar-refractivity contribution in [1.82, 2.24) is 20.2 Å². The van der Waals surface area contributed by atoms with Gasteiger partial charge in [-0.3, -0.25) is 15.2 Å². The minimum absolute atomic E-state index is 0.832. The molecule has 1 saturated carbocycles. The molecule has 1 N–H and O–H groups in total. The van der Waals surface area contributed by atoms with E-state index >= 15 is 0 Å². The second-order valence-corrected chi connectivity index (χ2v) is 8.20. The van der Waals surface area contributed by atoms with Crippen LogP contribution in [0.5, 0.6) is 0 Å². The van der Waals surface area contributed by atoms with Crippen LogP contribution >= 0.6 is 0 Å². The number of nitrogens with zero attached hydrogens (tertiary/aromatic N) is 3. The lowest BCUT2D eigenvalue weighted by Gasteiger charge is -2.41. The van der Waals surface area contributed by atoms with Crippen LogP contribution in [-0.4, -0.2) is 73.2 Å². The van der Waals surface area contributed by atoms with Crippen LogP contribution in [-0.2, 0) is 0 Å². The maximum Gasteiger partial charge on any atom is 0.0243 e. The Labute approximate surface area is 149 Å². The van der Waals surface area contributed by atoms with Gasteiger partial charge in [-0.25, -0.2) is 5.01 Å². The van der Waals surface area contributed by atoms with Crippen LogP contribution in [0.1, 0.15) is 70.6 Å². The number of hydrazine groups is 1. The predicted octanol–water partition coefficient (Wildman–Crippen LogP) is 3.10. The summed E-state index contributed by atoms with van der Waals surface area (Å²) in [6.07, 6.45) is 15.8. The average Bonchev–Trinajstić information content (AvgIpc) is 2.58. The largest absolute Gasteiger partial charge is 0.300 e. The topological polar surface area (TPSA) is 21.8 Å². The molecule has 0 radical (unpaired) electrons. The first-order valence-electron chi connectivity index (χ1n) is 10.9. The Balaban J connectivity index is 0.000000175. The monoisotopic (exact) mass is 336 g/mol. The lowest BCUT2D eigenvalue weighted by molar-refractivity contribution is 0.0647. The molecule has 5 aliphatic rings. The first-order valence-corrected chi connectivity index (χ1v) is 10.9. The SMILES string of the molecule is C1CCCC(N2CCCCCCN2)CCC1.C1CN2CCN1CC2. The Hall–Kier alpha value is -0.160. The third-order valence-electron chi connectivity index (χ3n) is 6.35. The van der Waals surface area contributed by atoms with E-state index in [-0.39, 0.29) is 0 Å². The average molecular weight is 337 g/mol. The van der Waals surface area contributed by atoms with Crippen LogP contribution in [0.15, 0.2) is 0 Å². The summed E-state index contributed by atoms with van der Waals surface area (Å²) >= 11 is 0. The molecule has 140 valence electrons. The van der Waals surface area contributed by atoms with E-state index in [1.54, 1.807) is 0 Å². The number of hydrogen-bond acceptors (Lipinski definition) is 4. The molecule has 4 aliphatic heterocycles. The molecule has 4 nitrogen and oxygen atoms in total. The van der Waals surface area contributed by atoms with Gasteiger partial charge in [-0.1, -0.05) is 44.9 Å². The minimum Gasteiger partial charge on any atom is -0.300 e. The maximum absolute atomic E-state index is 3.67. The molecule has 0 aromatic heterocycles. The van der Waals surface area contributed by atoms with Gasteiger partial charge < -0.3 is 0 Å². The first kappa shape index (κ1) is 18.6. The molecule has 24 heavy (non-hydrogen) atoms. The Kier molecular flexibility index (Phi) is 8.34. The van der Waals surface area contributed by atoms with Crippen molar-refractivity contribution in [3.63, 3.8) is 0 Å². The smallest absolute Gasteiger partial charge is 0.0243 e. The zero-order valence-corrected chi connectivity index (χ0v) is 15.9. The highest BCUT2D eigenvalue weighted by molar-refractivity contribution is 4.78. The number of hydrogen-bond donors (Lipinski definition) is 1. The van der Waals surface area contributed by atoms with Crippen molar-refractivity contribution in [2.24, 2.45) is 0 Å². The quantitative estimate of drug-likeness (QED) is 0.794. The normalized spacial score (nSPS) is 33.5. The van der Waals surface area contributed by atoms with Crippen LogP contribution in [0.3, 0.4) is 0 Å². The van der Waals surface area contributed by atoms with Gasteiger partial charge in [0.1, 0.15) is 0 Å². The molecule has 5 fully saturated rings. The molecule has 2 bridgehead atoms. The zero-order chi connectivity index (χ0) is 16.5. The minimum atomic E-state index is 0.832. The highest BCUT2D eigenvalue weighted by atomic mass is 15.5. The van der Waals surface area contributed by atoms with Crippen molar-refractivity contribution in [3.05, 3.63) is 0 Å². The van der Waals surface area contributed by atoms with Gasteiger partial charge in [0.2, 0.25) is 0 Å². The third kappa shape index (κ3) is 6.29. The van der Waals surface area contributed by atoms with E-state index in [4.69, 9.17) is 0 Å². The fraction of sp³-hybridized carbons (Fsp3) is 1.00. The standard InChI is InChI=1S/C14H28N2.C6H12N2/c1-2-6-10-14(11-7-3-1)16-13-9-5-4-8-12-15-16;1-2-8-5-3-7(1)4-6-8/h14-15H,1-13H2;1-6H2.